The van der Waals surface area contributed by atoms with Crippen LogP contribution in [0.4, 0.5) is 0 Å². The zero-order valence-corrected chi connectivity index (χ0v) is 14.2. The van der Waals surface area contributed by atoms with Crippen LogP contribution in [-0.4, -0.2) is 56.8 Å². The normalized spacial score (nSPS) is 17.7. The van der Waals surface area contributed by atoms with Gasteiger partial charge in [0.2, 0.25) is 0 Å². The summed E-state index contributed by atoms with van der Waals surface area (Å²) in [5.41, 5.74) is 0. The van der Waals surface area contributed by atoms with Crippen molar-refractivity contribution in [1.29, 1.82) is 0 Å². The SMILES string of the molecule is COCCN1CCC(CNC(=O)C(C)Oc2ccccc2)CC1. The van der Waals surface area contributed by atoms with E-state index in [1.165, 1.54) is 0 Å². The Hall–Kier alpha value is -1.59. The number of nitrogens with zero attached hydrogens (tertiary/aromatic N) is 1. The van der Waals surface area contributed by atoms with Crippen LogP contribution in [0.2, 0.25) is 0 Å². The lowest BCUT2D eigenvalue weighted by Gasteiger charge is -2.31. The molecular formula is C18H28N2O3. The molecule has 1 unspecified atom stereocenters. The van der Waals surface area contributed by atoms with Crippen LogP contribution in [0.5, 0.6) is 5.75 Å². The van der Waals surface area contributed by atoms with Crippen molar-refractivity contribution in [3.63, 3.8) is 0 Å². The first-order valence-corrected chi connectivity index (χ1v) is 8.39. The lowest BCUT2D eigenvalue weighted by atomic mass is 9.97. The standard InChI is InChI=1S/C18H28N2O3/c1-15(23-17-6-4-3-5-7-17)18(21)19-14-16-8-10-20(11-9-16)12-13-22-2/h3-7,15-16H,8-14H2,1-2H3,(H,19,21). The van der Waals surface area contributed by atoms with Crippen LogP contribution in [0.15, 0.2) is 30.3 Å². The number of para-hydroxylation sites is 1. The van der Waals surface area contributed by atoms with E-state index in [1.807, 2.05) is 30.3 Å². The fraction of sp³-hybridized carbons (Fsp3) is 0.611. The van der Waals surface area contributed by atoms with Gasteiger partial charge in [-0.05, 0) is 50.9 Å². The van der Waals surface area contributed by atoms with Crippen molar-refractivity contribution in [1.82, 2.24) is 10.2 Å². The fourth-order valence-electron chi connectivity index (χ4n) is 2.78. The molecule has 1 aliphatic rings. The van der Waals surface area contributed by atoms with Gasteiger partial charge in [-0.2, -0.15) is 0 Å². The number of methoxy groups -OCH3 is 1. The molecule has 1 aromatic carbocycles. The van der Waals surface area contributed by atoms with Crippen molar-refractivity contribution >= 4 is 5.91 Å². The maximum Gasteiger partial charge on any atom is 0.260 e. The Balaban J connectivity index is 1.65. The minimum atomic E-state index is -0.473. The van der Waals surface area contributed by atoms with Gasteiger partial charge < -0.3 is 19.7 Å². The molecule has 128 valence electrons. The third-order valence-electron chi connectivity index (χ3n) is 4.31. The molecule has 1 atom stereocenters. The summed E-state index contributed by atoms with van der Waals surface area (Å²) in [6, 6.07) is 9.45. The van der Waals surface area contributed by atoms with Crippen LogP contribution in [0.1, 0.15) is 19.8 Å². The Morgan fingerprint density at radius 3 is 2.65 bits per heavy atom. The number of carbonyl (C=O) groups excluding carboxylic acids is 1. The van der Waals surface area contributed by atoms with Crippen molar-refractivity contribution in [3.05, 3.63) is 30.3 Å². The molecule has 0 bridgehead atoms. The Morgan fingerprint density at radius 1 is 1.30 bits per heavy atom. The molecule has 1 aromatic rings. The van der Waals surface area contributed by atoms with E-state index in [0.29, 0.717) is 5.92 Å². The number of piperidine rings is 1. The topological polar surface area (TPSA) is 50.8 Å². The van der Waals surface area contributed by atoms with Gasteiger partial charge >= 0.3 is 0 Å². The van der Waals surface area contributed by atoms with Crippen LogP contribution in [0, 0.1) is 5.92 Å². The predicted octanol–water partition coefficient (Wildman–Crippen LogP) is 1.93. The van der Waals surface area contributed by atoms with E-state index < -0.39 is 6.10 Å². The average molecular weight is 320 g/mol. The van der Waals surface area contributed by atoms with E-state index in [0.717, 1.165) is 51.4 Å². The molecule has 1 N–H and O–H groups in total. The van der Waals surface area contributed by atoms with E-state index in [9.17, 15) is 4.79 Å². The number of hydrogen-bond donors (Lipinski definition) is 1. The second-order valence-corrected chi connectivity index (χ2v) is 6.10. The zero-order chi connectivity index (χ0) is 16.5. The van der Waals surface area contributed by atoms with Gasteiger partial charge in [0.05, 0.1) is 6.61 Å². The number of rotatable bonds is 8. The van der Waals surface area contributed by atoms with Crippen molar-refractivity contribution in [2.45, 2.75) is 25.9 Å². The highest BCUT2D eigenvalue weighted by Gasteiger charge is 2.21. The summed E-state index contributed by atoms with van der Waals surface area (Å²) in [5.74, 6) is 1.24. The number of carbonyl (C=O) groups is 1. The van der Waals surface area contributed by atoms with Crippen molar-refractivity contribution in [3.8, 4) is 5.75 Å². The summed E-state index contributed by atoms with van der Waals surface area (Å²) in [6.07, 6.45) is 1.77. The van der Waals surface area contributed by atoms with E-state index in [1.54, 1.807) is 14.0 Å². The molecule has 0 radical (unpaired) electrons. The zero-order valence-electron chi connectivity index (χ0n) is 14.2. The molecule has 1 amide bonds. The Kier molecular flexibility index (Phi) is 7.36. The number of ether oxygens (including phenoxy) is 2. The van der Waals surface area contributed by atoms with Crippen molar-refractivity contribution in [2.24, 2.45) is 5.92 Å². The molecule has 0 saturated carbocycles. The number of benzene rings is 1. The first-order chi connectivity index (χ1) is 11.2. The lowest BCUT2D eigenvalue weighted by Crippen LogP contribution is -2.42. The van der Waals surface area contributed by atoms with Crippen LogP contribution in [-0.2, 0) is 9.53 Å². The van der Waals surface area contributed by atoms with Crippen molar-refractivity contribution in [2.75, 3.05) is 39.9 Å². The van der Waals surface area contributed by atoms with E-state index >= 15 is 0 Å². The molecule has 0 aliphatic carbocycles. The molecule has 0 aromatic heterocycles. The van der Waals surface area contributed by atoms with Gasteiger partial charge in [0.1, 0.15) is 5.75 Å². The van der Waals surface area contributed by atoms with Gasteiger partial charge in [-0.3, -0.25) is 4.79 Å². The fourth-order valence-corrected chi connectivity index (χ4v) is 2.78. The number of nitrogens with one attached hydrogen (secondary N) is 1. The van der Waals surface area contributed by atoms with Gasteiger partial charge in [-0.15, -0.1) is 0 Å². The van der Waals surface area contributed by atoms with E-state index in [-0.39, 0.29) is 5.91 Å². The Morgan fingerprint density at radius 2 is 2.00 bits per heavy atom. The largest absolute Gasteiger partial charge is 0.481 e. The second-order valence-electron chi connectivity index (χ2n) is 6.10. The van der Waals surface area contributed by atoms with Crippen molar-refractivity contribution < 1.29 is 14.3 Å². The van der Waals surface area contributed by atoms with Crippen LogP contribution in [0.25, 0.3) is 0 Å². The van der Waals surface area contributed by atoms with Gasteiger partial charge in [-0.25, -0.2) is 0 Å². The lowest BCUT2D eigenvalue weighted by molar-refractivity contribution is -0.127. The van der Waals surface area contributed by atoms with Gasteiger partial charge in [-0.1, -0.05) is 18.2 Å². The van der Waals surface area contributed by atoms with E-state index in [4.69, 9.17) is 9.47 Å². The Labute approximate surface area is 139 Å². The van der Waals surface area contributed by atoms with Gasteiger partial charge in [0, 0.05) is 20.2 Å². The second kappa shape index (κ2) is 9.53. The summed E-state index contributed by atoms with van der Waals surface area (Å²) in [4.78, 5) is 14.6. The van der Waals surface area contributed by atoms with E-state index in [2.05, 4.69) is 10.2 Å². The highest BCUT2D eigenvalue weighted by Crippen LogP contribution is 2.16. The molecule has 5 heteroatoms. The first-order valence-electron chi connectivity index (χ1n) is 8.39. The smallest absolute Gasteiger partial charge is 0.260 e. The number of likely N-dealkylation sites (tertiary alicyclic amines) is 1. The number of hydrogen-bond acceptors (Lipinski definition) is 4. The predicted molar refractivity (Wildman–Crippen MR) is 90.6 cm³/mol. The monoisotopic (exact) mass is 320 g/mol. The molecular weight excluding hydrogens is 292 g/mol. The average Bonchev–Trinajstić information content (AvgIpc) is 2.59. The summed E-state index contributed by atoms with van der Waals surface area (Å²) in [6.45, 7) is 6.47. The molecule has 5 nitrogen and oxygen atoms in total. The van der Waals surface area contributed by atoms with Crippen LogP contribution < -0.4 is 10.1 Å². The summed E-state index contributed by atoms with van der Waals surface area (Å²) < 4.78 is 10.8. The molecule has 1 fully saturated rings. The molecule has 23 heavy (non-hydrogen) atoms. The third kappa shape index (κ3) is 6.20. The van der Waals surface area contributed by atoms with Gasteiger partial charge in [0.25, 0.3) is 5.91 Å². The molecule has 2 rings (SSSR count). The number of amides is 1. The first kappa shape index (κ1) is 17.8. The quantitative estimate of drug-likeness (QED) is 0.795. The highest BCUT2D eigenvalue weighted by molar-refractivity contribution is 5.80. The summed E-state index contributed by atoms with van der Waals surface area (Å²) in [5, 5.41) is 3.02. The minimum absolute atomic E-state index is 0.0457. The van der Waals surface area contributed by atoms with Crippen LogP contribution >= 0.6 is 0 Å². The Bertz CT molecular complexity index is 459. The maximum atomic E-state index is 12.1. The highest BCUT2D eigenvalue weighted by atomic mass is 16.5. The van der Waals surface area contributed by atoms with Crippen LogP contribution in [0.3, 0.4) is 0 Å². The summed E-state index contributed by atoms with van der Waals surface area (Å²) in [7, 11) is 1.74. The molecule has 1 heterocycles. The minimum Gasteiger partial charge on any atom is -0.481 e. The third-order valence-corrected chi connectivity index (χ3v) is 4.31. The summed E-state index contributed by atoms with van der Waals surface area (Å²) >= 11 is 0. The molecule has 0 spiro atoms. The molecule has 1 saturated heterocycles. The molecule has 1 aliphatic heterocycles. The maximum absolute atomic E-state index is 12.1. The van der Waals surface area contributed by atoms with Gasteiger partial charge in [0.15, 0.2) is 6.10 Å².